The van der Waals surface area contributed by atoms with Crippen molar-refractivity contribution in [1.82, 2.24) is 14.5 Å². The molecule has 1 fully saturated rings. The minimum absolute atomic E-state index is 0.611. The average molecular weight is 308 g/mol. The van der Waals surface area contributed by atoms with Crippen molar-refractivity contribution in [2.75, 3.05) is 38.7 Å². The van der Waals surface area contributed by atoms with Gasteiger partial charge in [0.05, 0.1) is 24.2 Å². The van der Waals surface area contributed by atoms with E-state index in [0.29, 0.717) is 5.88 Å². The lowest BCUT2D eigenvalue weighted by molar-refractivity contribution is 0.0364. The van der Waals surface area contributed by atoms with Crippen molar-refractivity contribution in [1.29, 1.82) is 0 Å². The Bertz CT molecular complexity index is 605. The quantitative estimate of drug-likeness (QED) is 0.795. The predicted molar refractivity (Wildman–Crippen MR) is 86.2 cm³/mol. The lowest BCUT2D eigenvalue weighted by atomic mass is 10.2. The molecule has 2 heterocycles. The lowest BCUT2D eigenvalue weighted by Crippen LogP contribution is -2.38. The minimum atomic E-state index is 0.611. The maximum atomic E-state index is 5.94. The fraction of sp³-hybridized carbons (Fsp3) is 0.562. The molecule has 0 radical (unpaired) electrons. The molecule has 1 aromatic heterocycles. The highest BCUT2D eigenvalue weighted by Crippen LogP contribution is 2.20. The maximum absolute atomic E-state index is 5.94. The van der Waals surface area contributed by atoms with Crippen LogP contribution in [0.2, 0.25) is 0 Å². The molecule has 0 N–H and O–H groups in total. The third-order valence-electron chi connectivity index (χ3n) is 4.12. The van der Waals surface area contributed by atoms with Crippen LogP contribution in [0, 0.1) is 6.92 Å². The standard InChI is InChI=1S/C16H22ClN3O/c1-13-3-2-4-14-16(13)18-15(5-6-17)20(14)8-7-19-9-11-21-12-10-19/h2-4H,5-12H2,1H3. The molecule has 5 heteroatoms. The molecule has 21 heavy (non-hydrogen) atoms. The van der Waals surface area contributed by atoms with E-state index in [1.165, 1.54) is 11.1 Å². The highest BCUT2D eigenvalue weighted by molar-refractivity contribution is 6.17. The van der Waals surface area contributed by atoms with E-state index < -0.39 is 0 Å². The number of ether oxygens (including phenoxy) is 1. The van der Waals surface area contributed by atoms with E-state index in [1.807, 2.05) is 0 Å². The average Bonchev–Trinajstić information content (AvgIpc) is 2.86. The van der Waals surface area contributed by atoms with Crippen molar-refractivity contribution in [3.05, 3.63) is 29.6 Å². The zero-order valence-corrected chi connectivity index (χ0v) is 13.3. The smallest absolute Gasteiger partial charge is 0.111 e. The summed E-state index contributed by atoms with van der Waals surface area (Å²) >= 11 is 5.94. The van der Waals surface area contributed by atoms with E-state index in [4.69, 9.17) is 21.3 Å². The number of fused-ring (bicyclic) bond motifs is 1. The van der Waals surface area contributed by atoms with Gasteiger partial charge in [-0.25, -0.2) is 4.98 Å². The number of para-hydroxylation sites is 1. The van der Waals surface area contributed by atoms with E-state index >= 15 is 0 Å². The predicted octanol–water partition coefficient (Wildman–Crippen LogP) is 2.46. The molecule has 2 aromatic rings. The molecule has 0 saturated carbocycles. The Labute approximate surface area is 130 Å². The van der Waals surface area contributed by atoms with Crippen molar-refractivity contribution >= 4 is 22.6 Å². The fourth-order valence-electron chi connectivity index (χ4n) is 2.93. The van der Waals surface area contributed by atoms with Gasteiger partial charge in [-0.05, 0) is 18.6 Å². The van der Waals surface area contributed by atoms with Crippen molar-refractivity contribution in [3.8, 4) is 0 Å². The van der Waals surface area contributed by atoms with Crippen LogP contribution >= 0.6 is 11.6 Å². The summed E-state index contributed by atoms with van der Waals surface area (Å²) < 4.78 is 7.74. The van der Waals surface area contributed by atoms with Gasteiger partial charge in [0.15, 0.2) is 0 Å². The summed E-state index contributed by atoms with van der Waals surface area (Å²) in [5, 5.41) is 0. The first-order valence-electron chi connectivity index (χ1n) is 7.60. The second kappa shape index (κ2) is 6.77. The summed E-state index contributed by atoms with van der Waals surface area (Å²) in [6, 6.07) is 6.38. The molecule has 0 unspecified atom stereocenters. The van der Waals surface area contributed by atoms with Gasteiger partial charge < -0.3 is 9.30 Å². The number of benzene rings is 1. The fourth-order valence-corrected chi connectivity index (χ4v) is 3.10. The molecule has 0 bridgehead atoms. The van der Waals surface area contributed by atoms with Gasteiger partial charge >= 0.3 is 0 Å². The first kappa shape index (κ1) is 14.8. The maximum Gasteiger partial charge on any atom is 0.111 e. The molecule has 1 saturated heterocycles. The highest BCUT2D eigenvalue weighted by atomic mass is 35.5. The topological polar surface area (TPSA) is 30.3 Å². The number of imidazole rings is 1. The van der Waals surface area contributed by atoms with Crippen LogP contribution in [0.4, 0.5) is 0 Å². The SMILES string of the molecule is Cc1cccc2c1nc(CCCl)n2CCN1CCOCC1. The Morgan fingerprint density at radius 2 is 2.05 bits per heavy atom. The number of hydrogen-bond acceptors (Lipinski definition) is 3. The number of aryl methyl sites for hydroxylation is 2. The summed E-state index contributed by atoms with van der Waals surface area (Å²) in [6.07, 6.45) is 0.818. The molecule has 1 aromatic carbocycles. The molecular formula is C16H22ClN3O. The van der Waals surface area contributed by atoms with Crippen molar-refractivity contribution in [2.24, 2.45) is 0 Å². The highest BCUT2D eigenvalue weighted by Gasteiger charge is 2.14. The zero-order chi connectivity index (χ0) is 14.7. The van der Waals surface area contributed by atoms with E-state index in [1.54, 1.807) is 0 Å². The van der Waals surface area contributed by atoms with Crippen LogP contribution in [-0.4, -0.2) is 53.2 Å². The number of rotatable bonds is 5. The molecule has 0 aliphatic carbocycles. The number of hydrogen-bond donors (Lipinski definition) is 0. The molecule has 1 aliphatic rings. The van der Waals surface area contributed by atoms with Crippen LogP contribution in [0.3, 0.4) is 0 Å². The Morgan fingerprint density at radius 3 is 2.81 bits per heavy atom. The van der Waals surface area contributed by atoms with Crippen molar-refractivity contribution in [3.63, 3.8) is 0 Å². The van der Waals surface area contributed by atoms with Gasteiger partial charge in [0.1, 0.15) is 5.82 Å². The van der Waals surface area contributed by atoms with Gasteiger partial charge in [0, 0.05) is 38.5 Å². The number of alkyl halides is 1. The van der Waals surface area contributed by atoms with E-state index in [0.717, 1.165) is 57.2 Å². The second-order valence-corrected chi connectivity index (χ2v) is 5.89. The number of aromatic nitrogens is 2. The van der Waals surface area contributed by atoms with Crippen LogP contribution in [0.5, 0.6) is 0 Å². The van der Waals surface area contributed by atoms with Crippen LogP contribution in [-0.2, 0) is 17.7 Å². The molecule has 114 valence electrons. The number of nitrogens with zero attached hydrogens (tertiary/aromatic N) is 3. The number of halogens is 1. The summed E-state index contributed by atoms with van der Waals surface area (Å²) in [4.78, 5) is 7.25. The van der Waals surface area contributed by atoms with Gasteiger partial charge in [0.25, 0.3) is 0 Å². The van der Waals surface area contributed by atoms with Crippen molar-refractivity contribution < 1.29 is 4.74 Å². The molecule has 0 atom stereocenters. The molecular weight excluding hydrogens is 286 g/mol. The van der Waals surface area contributed by atoms with Crippen LogP contribution in [0.1, 0.15) is 11.4 Å². The monoisotopic (exact) mass is 307 g/mol. The Hall–Kier alpha value is -1.10. The number of morpholine rings is 1. The Kier molecular flexibility index (Phi) is 4.78. The van der Waals surface area contributed by atoms with Crippen LogP contribution in [0.25, 0.3) is 11.0 Å². The second-order valence-electron chi connectivity index (χ2n) is 5.52. The Morgan fingerprint density at radius 1 is 1.24 bits per heavy atom. The van der Waals surface area contributed by atoms with Gasteiger partial charge in [0.2, 0.25) is 0 Å². The van der Waals surface area contributed by atoms with Gasteiger partial charge in [-0.1, -0.05) is 12.1 Å². The molecule has 1 aliphatic heterocycles. The van der Waals surface area contributed by atoms with E-state index in [9.17, 15) is 0 Å². The lowest BCUT2D eigenvalue weighted by Gasteiger charge is -2.27. The van der Waals surface area contributed by atoms with Crippen LogP contribution in [0.15, 0.2) is 18.2 Å². The molecule has 0 spiro atoms. The van der Waals surface area contributed by atoms with Gasteiger partial charge in [-0.3, -0.25) is 4.90 Å². The summed E-state index contributed by atoms with van der Waals surface area (Å²) in [7, 11) is 0. The molecule has 0 amide bonds. The van der Waals surface area contributed by atoms with E-state index in [2.05, 4.69) is 34.6 Å². The third-order valence-corrected chi connectivity index (χ3v) is 4.31. The summed E-state index contributed by atoms with van der Waals surface area (Å²) in [5.41, 5.74) is 3.57. The largest absolute Gasteiger partial charge is 0.379 e. The summed E-state index contributed by atoms with van der Waals surface area (Å²) in [5.74, 6) is 1.71. The Balaban J connectivity index is 1.84. The summed E-state index contributed by atoms with van der Waals surface area (Å²) in [6.45, 7) is 7.86. The molecule has 3 rings (SSSR count). The van der Waals surface area contributed by atoms with Gasteiger partial charge in [-0.15, -0.1) is 11.6 Å². The van der Waals surface area contributed by atoms with Crippen LogP contribution < -0.4 is 0 Å². The normalized spacial score (nSPS) is 16.7. The first-order chi connectivity index (χ1) is 10.3. The van der Waals surface area contributed by atoms with E-state index in [-0.39, 0.29) is 0 Å². The third kappa shape index (κ3) is 3.23. The zero-order valence-electron chi connectivity index (χ0n) is 12.5. The minimum Gasteiger partial charge on any atom is -0.379 e. The molecule has 4 nitrogen and oxygen atoms in total. The van der Waals surface area contributed by atoms with Crippen molar-refractivity contribution in [2.45, 2.75) is 19.9 Å². The first-order valence-corrected chi connectivity index (χ1v) is 8.14. The van der Waals surface area contributed by atoms with Gasteiger partial charge in [-0.2, -0.15) is 0 Å².